The second-order valence-corrected chi connectivity index (χ2v) is 5.21. The molecule has 17 nitrogen and oxygen atoms in total. The van der Waals surface area contributed by atoms with Crippen LogP contribution in [0.1, 0.15) is 55.4 Å². The van der Waals surface area contributed by atoms with Crippen molar-refractivity contribution in [2.45, 2.75) is 55.4 Å². The summed E-state index contributed by atoms with van der Waals surface area (Å²) in [5.41, 5.74) is 0. The maximum absolute atomic E-state index is 7.50. The molecule has 0 amide bonds. The summed E-state index contributed by atoms with van der Waals surface area (Å²) >= 11 is 0. The van der Waals surface area contributed by atoms with Crippen LogP contribution in [-0.4, -0.2) is 85.0 Å². The third-order valence-electron chi connectivity index (χ3n) is 5.37. The Bertz CT molecular complexity index is 546. The van der Waals surface area contributed by atoms with Gasteiger partial charge in [-0.1, -0.05) is 0 Å². The van der Waals surface area contributed by atoms with Crippen molar-refractivity contribution < 1.29 is 131 Å². The van der Waals surface area contributed by atoms with Crippen LogP contribution in [0.5, 0.6) is 0 Å². The number of hydrogen-bond acceptors (Lipinski definition) is 0. The number of nitrogens with zero attached hydrogens (tertiary/aromatic N) is 2. The van der Waals surface area contributed by atoms with E-state index in [0.29, 0.717) is 0 Å². The minimum atomic E-state index is 0. The molecule has 0 saturated carbocycles. The van der Waals surface area contributed by atoms with Gasteiger partial charge in [0.15, 0.2) is 0 Å². The van der Waals surface area contributed by atoms with Crippen molar-refractivity contribution in [2.24, 2.45) is 0 Å². The molecular formula is C31H40Cr3N2O15Te+2. The fourth-order valence-corrected chi connectivity index (χ4v) is 2.68. The largest absolute Gasteiger partial charge is 0 e. The summed E-state index contributed by atoms with van der Waals surface area (Å²) in [4.78, 5) is 0. The fraction of sp³-hybridized carbons (Fsp3) is 0.516. The van der Waals surface area contributed by atoms with Crippen LogP contribution in [0, 0.1) is 99.8 Å². The van der Waals surface area contributed by atoms with Gasteiger partial charge in [0.1, 0.15) is 0 Å². The van der Waals surface area contributed by atoms with Gasteiger partial charge in [-0.15, -0.1) is 0 Å². The van der Waals surface area contributed by atoms with E-state index in [1.807, 2.05) is 0 Å². The van der Waals surface area contributed by atoms with E-state index in [4.69, 9.17) is 69.8 Å². The number of quaternary nitrogens is 2. The summed E-state index contributed by atoms with van der Waals surface area (Å²) in [6.45, 7) is 95.9. The Morgan fingerprint density at radius 1 is 0.212 bits per heavy atom. The average molecular weight is 964 g/mol. The van der Waals surface area contributed by atoms with Crippen LogP contribution in [0.3, 0.4) is 0 Å². The zero-order valence-corrected chi connectivity index (χ0v) is 36.0. The van der Waals surface area contributed by atoms with E-state index < -0.39 is 0 Å². The Morgan fingerprint density at radius 3 is 0.250 bits per heavy atom. The van der Waals surface area contributed by atoms with Crippen molar-refractivity contribution in [2.75, 3.05) is 52.4 Å². The van der Waals surface area contributed by atoms with Gasteiger partial charge in [-0.25, -0.2) is 0 Å². The molecule has 0 heterocycles. The maximum Gasteiger partial charge on any atom is 0 e. The molecule has 286 valence electrons. The van der Waals surface area contributed by atoms with E-state index in [1.165, 1.54) is 61.3 Å². The Balaban J connectivity index is -0.0000000110. The molecule has 52 heavy (non-hydrogen) atoms. The zero-order chi connectivity index (χ0) is 44.7. The second kappa shape index (κ2) is 342. The molecule has 0 spiro atoms. The minimum Gasteiger partial charge on any atom is 0 e. The van der Waals surface area contributed by atoms with Crippen LogP contribution in [0.15, 0.2) is 0 Å². The molecule has 21 heteroatoms. The SMILES string of the molecule is CC[N+](CC)(CC)CC.CC[N+](CC)(CC)CC.[C-]#[O+].[C-]#[O+].[C-]#[O+].[C-]#[O+].[C-]#[O+].[C-]#[O+].[C-]#[O+].[C-]#[O+].[C-]#[O+].[C-]#[O+].[C-]#[O+].[C-]#[O+].[C-]#[O+].[C-]#[O+].[C-]#[O+].[Cr].[Cr].[Cr].[Te]. The molecule has 0 rings (SSSR count). The van der Waals surface area contributed by atoms with Crippen molar-refractivity contribution in [1.82, 2.24) is 0 Å². The summed E-state index contributed by atoms with van der Waals surface area (Å²) in [6, 6.07) is 0. The first kappa shape index (κ1) is 142. The number of hydrogen-bond donors (Lipinski definition) is 0. The van der Waals surface area contributed by atoms with Gasteiger partial charge in [-0.05, 0) is 55.4 Å². The Kier molecular flexibility index (Phi) is 935. The molecule has 0 saturated heterocycles. The van der Waals surface area contributed by atoms with Gasteiger partial charge in [0, 0.05) is 75.7 Å². The minimum absolute atomic E-state index is 0. The van der Waals surface area contributed by atoms with Crippen molar-refractivity contribution in [3.05, 3.63) is 99.8 Å². The first-order valence-corrected chi connectivity index (χ1v) is 11.2. The van der Waals surface area contributed by atoms with Crippen LogP contribution < -0.4 is 0 Å². The van der Waals surface area contributed by atoms with Crippen LogP contribution in [0.4, 0.5) is 0 Å². The normalized spacial score (nSPS) is 4.73. The van der Waals surface area contributed by atoms with E-state index in [-0.39, 0.29) is 75.7 Å². The van der Waals surface area contributed by atoms with E-state index in [2.05, 4.69) is 155 Å². The van der Waals surface area contributed by atoms with Crippen LogP contribution in [-0.2, 0) is 122 Å². The molecule has 2 radical (unpaired) electrons. The summed E-state index contributed by atoms with van der Waals surface area (Å²) < 4.78 is 115. The van der Waals surface area contributed by atoms with E-state index >= 15 is 0 Å². The molecule has 0 unspecified atom stereocenters. The maximum atomic E-state index is 7.50. The van der Waals surface area contributed by atoms with Crippen LogP contribution in [0.2, 0.25) is 0 Å². The summed E-state index contributed by atoms with van der Waals surface area (Å²) in [5, 5.41) is 0. The molecule has 0 aliphatic heterocycles. The molecule has 0 aromatic rings. The first-order valence-electron chi connectivity index (χ1n) is 11.2. The molecule has 0 N–H and O–H groups in total. The van der Waals surface area contributed by atoms with E-state index in [9.17, 15) is 0 Å². The summed E-state index contributed by atoms with van der Waals surface area (Å²) in [7, 11) is 0. The topological polar surface area (TPSA) is 298 Å². The third-order valence-corrected chi connectivity index (χ3v) is 5.37. The standard InChI is InChI=1S/2C8H20N.15CO.3Cr.Te/c2*1-5-9(6-2,7-3)8-4;15*1-2;;;;/h2*5-8H2,1-4H3;;;;;;;;;;;;;;;;;;;/q2*+1;;;;;;;;;;;;;;;;;;;. The van der Waals surface area contributed by atoms with Crippen LogP contribution in [0.25, 0.3) is 0 Å². The second-order valence-electron chi connectivity index (χ2n) is 5.21. The Hall–Kier alpha value is -1.59. The van der Waals surface area contributed by atoms with Gasteiger partial charge in [-0.3, -0.25) is 0 Å². The Labute approximate surface area is 359 Å². The molecule has 0 aromatic heterocycles. The third kappa shape index (κ3) is 217. The molecule has 0 atom stereocenters. The zero-order valence-electron chi connectivity index (χ0n) is 29.8. The van der Waals surface area contributed by atoms with Crippen molar-refractivity contribution in [3.63, 3.8) is 0 Å². The molecule has 0 bridgehead atoms. The molecule has 0 aliphatic carbocycles. The predicted octanol–water partition coefficient (Wildman–Crippen LogP) is 2.81. The van der Waals surface area contributed by atoms with Gasteiger partial charge < -0.3 is 8.97 Å². The van der Waals surface area contributed by atoms with Crippen molar-refractivity contribution in [1.29, 1.82) is 0 Å². The van der Waals surface area contributed by atoms with E-state index in [1.54, 1.807) is 0 Å². The fourth-order valence-electron chi connectivity index (χ4n) is 2.68. The quantitative estimate of drug-likeness (QED) is 0.147. The Morgan fingerprint density at radius 2 is 0.250 bits per heavy atom. The summed E-state index contributed by atoms with van der Waals surface area (Å²) in [6.07, 6.45) is 0. The van der Waals surface area contributed by atoms with Gasteiger partial charge >= 0.3 is 170 Å². The van der Waals surface area contributed by atoms with Gasteiger partial charge in [0.25, 0.3) is 0 Å². The van der Waals surface area contributed by atoms with Crippen LogP contribution >= 0.6 is 0 Å². The van der Waals surface area contributed by atoms with Gasteiger partial charge in [-0.2, -0.15) is 0 Å². The predicted molar refractivity (Wildman–Crippen MR) is 150 cm³/mol. The molecule has 0 aromatic carbocycles. The van der Waals surface area contributed by atoms with Gasteiger partial charge in [0.05, 0.1) is 52.4 Å². The number of rotatable bonds is 8. The van der Waals surface area contributed by atoms with Gasteiger partial charge in [0.2, 0.25) is 0 Å². The first-order chi connectivity index (χ1) is 23.5. The molecular weight excluding hydrogens is 924 g/mol. The smallest absolute Gasteiger partial charge is 0 e. The van der Waals surface area contributed by atoms with Crippen molar-refractivity contribution in [3.8, 4) is 0 Å². The monoisotopic (exact) mass is 966 g/mol. The summed E-state index contributed by atoms with van der Waals surface area (Å²) in [5.74, 6) is 0. The molecule has 0 aliphatic rings. The van der Waals surface area contributed by atoms with E-state index in [0.717, 1.165) is 0 Å². The average Bonchev–Trinajstić information content (AvgIpc) is 3.28. The van der Waals surface area contributed by atoms with Crippen molar-refractivity contribution >= 4 is 23.7 Å². The molecule has 0 fully saturated rings.